The van der Waals surface area contributed by atoms with Crippen LogP contribution >= 0.6 is 0 Å². The van der Waals surface area contributed by atoms with Crippen molar-refractivity contribution in [2.45, 2.75) is 6.61 Å². The first kappa shape index (κ1) is 18.6. The molecule has 0 amide bonds. The molecular formula is C22H19NO6. The van der Waals surface area contributed by atoms with Crippen molar-refractivity contribution in [2.75, 3.05) is 20.3 Å². The molecule has 0 bridgehead atoms. The van der Waals surface area contributed by atoms with Gasteiger partial charge in [0.05, 0.1) is 7.11 Å². The summed E-state index contributed by atoms with van der Waals surface area (Å²) in [7, 11) is 1.55. The Hall–Kier alpha value is -3.74. The summed E-state index contributed by atoms with van der Waals surface area (Å²) in [4.78, 5) is 12.1. The number of hydrogen-bond donors (Lipinski definition) is 0. The number of fused-ring (bicyclic) bond motifs is 1. The molecule has 29 heavy (non-hydrogen) atoms. The predicted octanol–water partition coefficient (Wildman–Crippen LogP) is 3.88. The van der Waals surface area contributed by atoms with E-state index in [4.69, 9.17) is 23.5 Å². The number of carbonyl (C=O) groups is 1. The van der Waals surface area contributed by atoms with Crippen LogP contribution in [0.1, 0.15) is 11.3 Å². The summed E-state index contributed by atoms with van der Waals surface area (Å²) >= 11 is 0. The number of aromatic nitrogens is 1. The molecule has 0 unspecified atom stereocenters. The van der Waals surface area contributed by atoms with Crippen LogP contribution in [-0.2, 0) is 16.1 Å². The van der Waals surface area contributed by atoms with E-state index in [9.17, 15) is 4.79 Å². The van der Waals surface area contributed by atoms with E-state index in [2.05, 4.69) is 5.16 Å². The van der Waals surface area contributed by atoms with E-state index in [1.165, 1.54) is 6.08 Å². The quantitative estimate of drug-likeness (QED) is 0.464. The first-order valence-corrected chi connectivity index (χ1v) is 9.06. The Bertz CT molecular complexity index is 1010. The molecule has 148 valence electrons. The first-order chi connectivity index (χ1) is 14.2. The highest BCUT2D eigenvalue weighted by Gasteiger charge is 2.18. The summed E-state index contributed by atoms with van der Waals surface area (Å²) in [6.45, 7) is 0.955. The highest BCUT2D eigenvalue weighted by molar-refractivity contribution is 5.87. The van der Waals surface area contributed by atoms with Crippen molar-refractivity contribution in [2.24, 2.45) is 0 Å². The zero-order valence-electron chi connectivity index (χ0n) is 15.8. The van der Waals surface area contributed by atoms with E-state index < -0.39 is 5.97 Å². The number of rotatable bonds is 6. The molecule has 0 N–H and O–H groups in total. The van der Waals surface area contributed by atoms with Gasteiger partial charge < -0.3 is 23.5 Å². The zero-order valence-corrected chi connectivity index (χ0v) is 15.8. The van der Waals surface area contributed by atoms with Crippen LogP contribution in [0.25, 0.3) is 17.4 Å². The summed E-state index contributed by atoms with van der Waals surface area (Å²) in [5.41, 5.74) is 2.17. The van der Waals surface area contributed by atoms with Crippen molar-refractivity contribution in [3.05, 3.63) is 65.9 Å². The monoisotopic (exact) mass is 393 g/mol. The maximum absolute atomic E-state index is 12.1. The molecule has 4 rings (SSSR count). The van der Waals surface area contributed by atoms with Crippen molar-refractivity contribution < 1.29 is 28.3 Å². The second kappa shape index (κ2) is 8.52. The number of esters is 1. The lowest BCUT2D eigenvalue weighted by atomic mass is 10.1. The van der Waals surface area contributed by atoms with Crippen LogP contribution in [0.3, 0.4) is 0 Å². The largest absolute Gasteiger partial charge is 0.493 e. The molecule has 0 radical (unpaired) electrons. The third-order valence-corrected chi connectivity index (χ3v) is 4.24. The highest BCUT2D eigenvalue weighted by atomic mass is 16.6. The SMILES string of the molecule is COc1cc(/C=C/C(=O)OCc2cc(-c3ccccc3)on2)cc2c1OCCO2. The summed E-state index contributed by atoms with van der Waals surface area (Å²) in [6, 6.07) is 14.9. The minimum atomic E-state index is -0.497. The fraction of sp³-hybridized carbons (Fsp3) is 0.182. The molecular weight excluding hydrogens is 374 g/mol. The van der Waals surface area contributed by atoms with Crippen molar-refractivity contribution in [3.8, 4) is 28.6 Å². The molecule has 7 nitrogen and oxygen atoms in total. The van der Waals surface area contributed by atoms with Crippen molar-refractivity contribution in [1.82, 2.24) is 5.16 Å². The lowest BCUT2D eigenvalue weighted by Gasteiger charge is -2.20. The molecule has 0 saturated carbocycles. The Morgan fingerprint density at radius 1 is 1.14 bits per heavy atom. The van der Waals surface area contributed by atoms with Gasteiger partial charge in [-0.15, -0.1) is 0 Å². The fourth-order valence-electron chi connectivity index (χ4n) is 2.87. The van der Waals surface area contributed by atoms with Crippen molar-refractivity contribution in [3.63, 3.8) is 0 Å². The van der Waals surface area contributed by atoms with E-state index in [-0.39, 0.29) is 6.61 Å². The van der Waals surface area contributed by atoms with Crippen LogP contribution < -0.4 is 14.2 Å². The van der Waals surface area contributed by atoms with Gasteiger partial charge in [0.1, 0.15) is 25.5 Å². The van der Waals surface area contributed by atoms with Gasteiger partial charge in [-0.25, -0.2) is 4.79 Å². The Balaban J connectivity index is 1.38. The number of hydrogen-bond acceptors (Lipinski definition) is 7. The third-order valence-electron chi connectivity index (χ3n) is 4.24. The molecule has 2 heterocycles. The fourth-order valence-corrected chi connectivity index (χ4v) is 2.87. The number of nitrogens with zero attached hydrogens (tertiary/aromatic N) is 1. The van der Waals surface area contributed by atoms with E-state index in [0.29, 0.717) is 41.9 Å². The van der Waals surface area contributed by atoms with E-state index in [1.807, 2.05) is 30.3 Å². The van der Waals surface area contributed by atoms with Gasteiger partial charge in [-0.3, -0.25) is 0 Å². The van der Waals surface area contributed by atoms with Crippen LogP contribution in [0.2, 0.25) is 0 Å². The normalized spacial score (nSPS) is 12.7. The van der Waals surface area contributed by atoms with Gasteiger partial charge in [-0.05, 0) is 23.8 Å². The van der Waals surface area contributed by atoms with Gasteiger partial charge in [0, 0.05) is 17.7 Å². The van der Waals surface area contributed by atoms with Gasteiger partial charge in [0.2, 0.25) is 5.75 Å². The molecule has 3 aromatic rings. The van der Waals surface area contributed by atoms with Crippen molar-refractivity contribution >= 4 is 12.0 Å². The summed E-state index contributed by atoms with van der Waals surface area (Å²) in [5.74, 6) is 1.82. The molecule has 0 fully saturated rings. The minimum absolute atomic E-state index is 0.0178. The number of carbonyl (C=O) groups excluding carboxylic acids is 1. The van der Waals surface area contributed by atoms with Gasteiger partial charge in [-0.2, -0.15) is 0 Å². The Labute approximate surface area is 167 Å². The van der Waals surface area contributed by atoms with Gasteiger partial charge in [0.25, 0.3) is 0 Å². The molecule has 0 spiro atoms. The maximum Gasteiger partial charge on any atom is 0.331 e. The predicted molar refractivity (Wildman–Crippen MR) is 105 cm³/mol. The zero-order chi connectivity index (χ0) is 20.1. The van der Waals surface area contributed by atoms with Gasteiger partial charge in [0.15, 0.2) is 17.3 Å². The minimum Gasteiger partial charge on any atom is -0.493 e. The molecule has 0 atom stereocenters. The van der Waals surface area contributed by atoms with Gasteiger partial charge in [-0.1, -0.05) is 35.5 Å². The third kappa shape index (κ3) is 4.40. The van der Waals surface area contributed by atoms with E-state index >= 15 is 0 Å². The number of benzene rings is 2. The van der Waals surface area contributed by atoms with Crippen LogP contribution in [-0.4, -0.2) is 31.4 Å². The molecule has 1 aliphatic rings. The van der Waals surface area contributed by atoms with E-state index in [1.54, 1.807) is 31.4 Å². The Kier molecular flexibility index (Phi) is 5.47. The number of methoxy groups -OCH3 is 1. The summed E-state index contributed by atoms with van der Waals surface area (Å²) < 4.78 is 27.0. The number of ether oxygens (including phenoxy) is 4. The lowest BCUT2D eigenvalue weighted by Crippen LogP contribution is -2.16. The van der Waals surface area contributed by atoms with E-state index in [0.717, 1.165) is 11.1 Å². The summed E-state index contributed by atoms with van der Waals surface area (Å²) in [6.07, 6.45) is 2.96. The average molecular weight is 393 g/mol. The maximum atomic E-state index is 12.1. The average Bonchev–Trinajstić information content (AvgIpc) is 3.25. The highest BCUT2D eigenvalue weighted by Crippen LogP contribution is 2.40. The van der Waals surface area contributed by atoms with Crippen LogP contribution in [0, 0.1) is 0 Å². The molecule has 1 aromatic heterocycles. The van der Waals surface area contributed by atoms with Crippen LogP contribution in [0.5, 0.6) is 17.2 Å². The van der Waals surface area contributed by atoms with Crippen LogP contribution in [0.4, 0.5) is 0 Å². The summed E-state index contributed by atoms with van der Waals surface area (Å²) in [5, 5.41) is 3.93. The second-order valence-corrected chi connectivity index (χ2v) is 6.24. The van der Waals surface area contributed by atoms with Crippen molar-refractivity contribution in [1.29, 1.82) is 0 Å². The van der Waals surface area contributed by atoms with Crippen LogP contribution in [0.15, 0.2) is 59.1 Å². The first-order valence-electron chi connectivity index (χ1n) is 9.06. The molecule has 0 aliphatic carbocycles. The smallest absolute Gasteiger partial charge is 0.331 e. The Morgan fingerprint density at radius 2 is 1.97 bits per heavy atom. The molecule has 1 aliphatic heterocycles. The lowest BCUT2D eigenvalue weighted by molar-refractivity contribution is -0.139. The standard InChI is InChI=1S/C22H19NO6/c1-25-19-11-15(12-20-22(19)27-10-9-26-20)7-8-21(24)28-14-17-13-18(29-23-17)16-5-3-2-4-6-16/h2-8,11-13H,9-10,14H2,1H3/b8-7+. The topological polar surface area (TPSA) is 80.0 Å². The second-order valence-electron chi connectivity index (χ2n) is 6.24. The molecule has 7 heteroatoms. The molecule has 2 aromatic carbocycles. The van der Waals surface area contributed by atoms with Gasteiger partial charge >= 0.3 is 5.97 Å². The molecule has 0 saturated heterocycles. The Morgan fingerprint density at radius 3 is 2.79 bits per heavy atom.